The molecule has 214 valence electrons. The van der Waals surface area contributed by atoms with Gasteiger partial charge in [-0.2, -0.15) is 12.6 Å². The molecule has 3 amide bonds. The van der Waals surface area contributed by atoms with E-state index in [0.29, 0.717) is 6.42 Å². The first-order valence-corrected chi connectivity index (χ1v) is 14.0. The maximum absolute atomic E-state index is 14.3. The molecule has 0 saturated carbocycles. The van der Waals surface area contributed by atoms with Gasteiger partial charge in [0, 0.05) is 17.0 Å². The van der Waals surface area contributed by atoms with Crippen LogP contribution in [0.25, 0.3) is 0 Å². The van der Waals surface area contributed by atoms with E-state index >= 15 is 0 Å². The van der Waals surface area contributed by atoms with Crippen LogP contribution in [0.15, 0.2) is 36.4 Å². The molecule has 0 aliphatic carbocycles. The van der Waals surface area contributed by atoms with Gasteiger partial charge in [-0.1, -0.05) is 43.3 Å². The lowest BCUT2D eigenvalue weighted by Crippen LogP contribution is -2.59. The molecule has 0 fully saturated rings. The van der Waals surface area contributed by atoms with Crippen molar-refractivity contribution in [2.24, 2.45) is 0 Å². The first-order valence-electron chi connectivity index (χ1n) is 13.4. The molecule has 0 aromatic heterocycles. The number of carbonyl (C=O) groups is 3. The van der Waals surface area contributed by atoms with E-state index in [-0.39, 0.29) is 11.7 Å². The van der Waals surface area contributed by atoms with Crippen LogP contribution < -0.4 is 10.6 Å². The Morgan fingerprint density at radius 2 is 1.46 bits per heavy atom. The van der Waals surface area contributed by atoms with Crippen molar-refractivity contribution in [2.45, 2.75) is 98.9 Å². The van der Waals surface area contributed by atoms with Crippen molar-refractivity contribution in [1.29, 1.82) is 0 Å². The third-order valence-corrected chi connectivity index (χ3v) is 7.47. The highest BCUT2D eigenvalue weighted by atomic mass is 32.1. The predicted molar refractivity (Wildman–Crippen MR) is 161 cm³/mol. The van der Waals surface area contributed by atoms with E-state index in [4.69, 9.17) is 4.74 Å². The Hall–Kier alpha value is -3.00. The number of anilines is 1. The van der Waals surface area contributed by atoms with Crippen molar-refractivity contribution in [2.75, 3.05) is 11.1 Å². The summed E-state index contributed by atoms with van der Waals surface area (Å²) in [5, 5.41) is 5.80. The lowest BCUT2D eigenvalue weighted by atomic mass is 9.89. The Morgan fingerprint density at radius 1 is 0.923 bits per heavy atom. The Kier molecular flexibility index (Phi) is 10.7. The topological polar surface area (TPSA) is 87.7 Å². The maximum Gasteiger partial charge on any atom is 0.408 e. The normalized spacial score (nSPS) is 13.3. The number of hydrogen-bond donors (Lipinski definition) is 3. The maximum atomic E-state index is 14.3. The van der Waals surface area contributed by atoms with E-state index in [1.807, 2.05) is 84.9 Å². The zero-order valence-electron chi connectivity index (χ0n) is 25.1. The Balaban J connectivity index is 2.69. The van der Waals surface area contributed by atoms with Crippen LogP contribution in [0.2, 0.25) is 0 Å². The standard InChI is InChI=1S/C31H45N3O4S/c1-11-31(9,10)34(28(36)24(18-39)32-29(37)38-30(6,7)8)26(23-17-13-14-19(2)22(23)5)27(35)33-25-20(3)15-12-16-21(25)4/h12-17,24,26,39H,11,18H2,1-10H3,(H,32,37)(H,33,35). The van der Waals surface area contributed by atoms with Gasteiger partial charge in [-0.15, -0.1) is 0 Å². The van der Waals surface area contributed by atoms with Crippen LogP contribution in [0.1, 0.15) is 81.8 Å². The number of benzene rings is 2. The van der Waals surface area contributed by atoms with Crippen LogP contribution in [0.3, 0.4) is 0 Å². The highest BCUT2D eigenvalue weighted by Gasteiger charge is 2.43. The van der Waals surface area contributed by atoms with Crippen LogP contribution >= 0.6 is 12.6 Å². The molecule has 39 heavy (non-hydrogen) atoms. The Labute approximate surface area is 239 Å². The SMILES string of the molecule is CCC(C)(C)N(C(=O)C(CS)NC(=O)OC(C)(C)C)C(C(=O)Nc1c(C)cccc1C)c1cccc(C)c1C. The van der Waals surface area contributed by atoms with Crippen molar-refractivity contribution >= 4 is 36.2 Å². The van der Waals surface area contributed by atoms with E-state index in [1.165, 1.54) is 0 Å². The van der Waals surface area contributed by atoms with E-state index in [9.17, 15) is 14.4 Å². The van der Waals surface area contributed by atoms with Crippen molar-refractivity contribution in [1.82, 2.24) is 10.2 Å². The molecule has 2 unspecified atom stereocenters. The van der Waals surface area contributed by atoms with Crippen LogP contribution in [-0.4, -0.2) is 45.7 Å². The minimum atomic E-state index is -1.00. The number of ether oxygens (including phenoxy) is 1. The van der Waals surface area contributed by atoms with Gasteiger partial charge in [-0.3, -0.25) is 9.59 Å². The minimum absolute atomic E-state index is 0.0341. The summed E-state index contributed by atoms with van der Waals surface area (Å²) in [5.74, 6) is -0.705. The number of thiol groups is 1. The molecule has 7 nitrogen and oxygen atoms in total. The highest BCUT2D eigenvalue weighted by molar-refractivity contribution is 7.80. The van der Waals surface area contributed by atoms with Crippen molar-refractivity contribution in [3.05, 3.63) is 64.2 Å². The zero-order valence-corrected chi connectivity index (χ0v) is 26.0. The fourth-order valence-electron chi connectivity index (χ4n) is 4.42. The second kappa shape index (κ2) is 12.9. The number of para-hydroxylation sites is 1. The molecule has 0 heterocycles. The van der Waals surface area contributed by atoms with Gasteiger partial charge < -0.3 is 20.3 Å². The monoisotopic (exact) mass is 555 g/mol. The number of alkyl carbamates (subject to hydrolysis) is 1. The molecule has 0 saturated heterocycles. The number of nitrogens with zero attached hydrogens (tertiary/aromatic N) is 1. The molecule has 0 radical (unpaired) electrons. The van der Waals surface area contributed by atoms with Gasteiger partial charge in [0.05, 0.1) is 0 Å². The summed E-state index contributed by atoms with van der Waals surface area (Å²) in [6.45, 7) is 18.9. The third kappa shape index (κ3) is 8.01. The predicted octanol–water partition coefficient (Wildman–Crippen LogP) is 6.44. The molecule has 2 N–H and O–H groups in total. The molecule has 2 aromatic carbocycles. The molecule has 0 spiro atoms. The lowest BCUT2D eigenvalue weighted by Gasteiger charge is -2.45. The molecular formula is C31H45N3O4S. The third-order valence-electron chi connectivity index (χ3n) is 7.10. The summed E-state index contributed by atoms with van der Waals surface area (Å²) in [4.78, 5) is 42.8. The summed E-state index contributed by atoms with van der Waals surface area (Å²) in [6, 6.07) is 9.62. The first-order chi connectivity index (χ1) is 18.0. The van der Waals surface area contributed by atoms with Crippen LogP contribution in [-0.2, 0) is 14.3 Å². The summed E-state index contributed by atoms with van der Waals surface area (Å²) in [7, 11) is 0. The Morgan fingerprint density at radius 3 is 1.97 bits per heavy atom. The van der Waals surface area contributed by atoms with Gasteiger partial charge in [0.2, 0.25) is 5.91 Å². The number of carbonyl (C=O) groups excluding carboxylic acids is 3. The number of rotatable bonds is 9. The smallest absolute Gasteiger partial charge is 0.408 e. The summed E-state index contributed by atoms with van der Waals surface area (Å²) >= 11 is 4.39. The van der Waals surface area contributed by atoms with Crippen molar-refractivity contribution in [3.8, 4) is 0 Å². The summed E-state index contributed by atoms with van der Waals surface area (Å²) in [5.41, 5.74) is 3.76. The fraction of sp³-hybridized carbons (Fsp3) is 0.516. The number of hydrogen-bond acceptors (Lipinski definition) is 5. The van der Waals surface area contributed by atoms with Gasteiger partial charge in [0.1, 0.15) is 17.7 Å². The fourth-order valence-corrected chi connectivity index (χ4v) is 4.67. The molecule has 2 rings (SSSR count). The number of nitrogens with one attached hydrogen (secondary N) is 2. The highest BCUT2D eigenvalue weighted by Crippen LogP contribution is 2.35. The minimum Gasteiger partial charge on any atom is -0.444 e. The molecule has 8 heteroatoms. The lowest BCUT2D eigenvalue weighted by molar-refractivity contribution is -0.147. The Bertz CT molecular complexity index is 1180. The number of amides is 3. The molecule has 0 aliphatic rings. The number of aryl methyl sites for hydroxylation is 3. The van der Waals surface area contributed by atoms with E-state index in [2.05, 4.69) is 23.3 Å². The average Bonchev–Trinajstić information content (AvgIpc) is 2.83. The van der Waals surface area contributed by atoms with Crippen LogP contribution in [0.4, 0.5) is 10.5 Å². The molecule has 2 atom stereocenters. The van der Waals surface area contributed by atoms with E-state index in [1.54, 1.807) is 25.7 Å². The van der Waals surface area contributed by atoms with Crippen molar-refractivity contribution in [3.63, 3.8) is 0 Å². The van der Waals surface area contributed by atoms with Crippen LogP contribution in [0.5, 0.6) is 0 Å². The summed E-state index contributed by atoms with van der Waals surface area (Å²) in [6.07, 6.45) is -0.143. The van der Waals surface area contributed by atoms with Gasteiger partial charge in [0.15, 0.2) is 0 Å². The molecular weight excluding hydrogens is 510 g/mol. The van der Waals surface area contributed by atoms with Gasteiger partial charge >= 0.3 is 6.09 Å². The molecule has 0 aliphatic heterocycles. The average molecular weight is 556 g/mol. The summed E-state index contributed by atoms with van der Waals surface area (Å²) < 4.78 is 5.41. The van der Waals surface area contributed by atoms with Gasteiger partial charge in [-0.25, -0.2) is 4.79 Å². The van der Waals surface area contributed by atoms with Gasteiger partial charge in [-0.05, 0) is 96.6 Å². The molecule has 0 bridgehead atoms. The van der Waals surface area contributed by atoms with Crippen LogP contribution in [0, 0.1) is 27.7 Å². The van der Waals surface area contributed by atoms with Crippen molar-refractivity contribution < 1.29 is 19.1 Å². The molecule has 2 aromatic rings. The van der Waals surface area contributed by atoms with E-state index < -0.39 is 35.2 Å². The largest absolute Gasteiger partial charge is 0.444 e. The zero-order chi connectivity index (χ0) is 29.7. The quantitative estimate of drug-likeness (QED) is 0.311. The van der Waals surface area contributed by atoms with Gasteiger partial charge in [0.25, 0.3) is 5.91 Å². The van der Waals surface area contributed by atoms with E-state index in [0.717, 1.165) is 33.5 Å². The first kappa shape index (κ1) is 32.2. The second-order valence-electron chi connectivity index (χ2n) is 11.7. The second-order valence-corrected chi connectivity index (χ2v) is 12.1.